The number of hydrogen-bond acceptors (Lipinski definition) is 6. The van der Waals surface area contributed by atoms with Crippen LogP contribution in [0.3, 0.4) is 0 Å². The van der Waals surface area contributed by atoms with Crippen molar-refractivity contribution < 1.29 is 0 Å². The third-order valence-electron chi connectivity index (χ3n) is 5.44. The van der Waals surface area contributed by atoms with E-state index < -0.39 is 0 Å². The molecule has 4 rings (SSSR count). The van der Waals surface area contributed by atoms with E-state index in [1.54, 1.807) is 4.57 Å². The maximum atomic E-state index is 12.5. The van der Waals surface area contributed by atoms with Crippen LogP contribution in [0.25, 0.3) is 16.8 Å². The molecule has 0 spiro atoms. The van der Waals surface area contributed by atoms with Crippen molar-refractivity contribution in [1.82, 2.24) is 19.2 Å². The van der Waals surface area contributed by atoms with Gasteiger partial charge in [-0.1, -0.05) is 0 Å². The summed E-state index contributed by atoms with van der Waals surface area (Å²) in [6.07, 6.45) is 5.42. The Morgan fingerprint density at radius 2 is 2.07 bits per heavy atom. The molecule has 3 aromatic rings. The van der Waals surface area contributed by atoms with Crippen LogP contribution in [0.15, 0.2) is 29.5 Å². The van der Waals surface area contributed by atoms with Gasteiger partial charge in [-0.25, -0.2) is 9.50 Å². The molecule has 1 aliphatic rings. The normalized spacial score (nSPS) is 17.6. The van der Waals surface area contributed by atoms with Crippen LogP contribution >= 0.6 is 0 Å². The minimum Gasteiger partial charge on any atom is -0.382 e. The van der Waals surface area contributed by atoms with Gasteiger partial charge < -0.3 is 20.9 Å². The standard InChI is InChI=1S/C20H27N7O/c1-12(2)26-9-14(7-13(3)20(26)28)16-8-17(25-6-4-5-15(21)10-25)18-19(22)23-11-24-27(16)18/h7-9,11-12,15H,4-6,10,21H2,1-3H3,(H2,22,23,24)/t15-/m1/s1. The second-order valence-corrected chi connectivity index (χ2v) is 7.89. The molecule has 8 nitrogen and oxygen atoms in total. The molecule has 148 valence electrons. The first-order valence-electron chi connectivity index (χ1n) is 9.72. The van der Waals surface area contributed by atoms with Gasteiger partial charge in [-0.15, -0.1) is 0 Å². The Labute approximate surface area is 163 Å². The molecule has 0 saturated carbocycles. The molecule has 1 fully saturated rings. The van der Waals surface area contributed by atoms with Crippen LogP contribution in [0.5, 0.6) is 0 Å². The predicted octanol–water partition coefficient (Wildman–Crippen LogP) is 1.96. The predicted molar refractivity (Wildman–Crippen MR) is 112 cm³/mol. The number of fused-ring (bicyclic) bond motifs is 1. The zero-order chi connectivity index (χ0) is 20.0. The summed E-state index contributed by atoms with van der Waals surface area (Å²) in [6, 6.07) is 4.20. The van der Waals surface area contributed by atoms with Crippen molar-refractivity contribution in [2.45, 2.75) is 45.7 Å². The first-order valence-corrected chi connectivity index (χ1v) is 9.72. The van der Waals surface area contributed by atoms with Crippen molar-refractivity contribution in [3.63, 3.8) is 0 Å². The fraction of sp³-hybridized carbons (Fsp3) is 0.450. The Hall–Kier alpha value is -2.87. The first-order chi connectivity index (χ1) is 13.4. The van der Waals surface area contributed by atoms with E-state index >= 15 is 0 Å². The van der Waals surface area contributed by atoms with Gasteiger partial charge in [-0.3, -0.25) is 4.79 Å². The fourth-order valence-electron chi connectivity index (χ4n) is 3.99. The maximum Gasteiger partial charge on any atom is 0.253 e. The second kappa shape index (κ2) is 6.94. The number of aromatic nitrogens is 4. The van der Waals surface area contributed by atoms with Gasteiger partial charge in [-0.2, -0.15) is 5.10 Å². The van der Waals surface area contributed by atoms with Gasteiger partial charge >= 0.3 is 0 Å². The Morgan fingerprint density at radius 3 is 2.79 bits per heavy atom. The van der Waals surface area contributed by atoms with Gasteiger partial charge in [-0.05, 0) is 45.7 Å². The molecule has 4 heterocycles. The number of rotatable bonds is 3. The van der Waals surface area contributed by atoms with Crippen molar-refractivity contribution in [2.75, 3.05) is 23.7 Å². The van der Waals surface area contributed by atoms with Crippen molar-refractivity contribution >= 4 is 17.0 Å². The maximum absolute atomic E-state index is 12.5. The molecular weight excluding hydrogens is 354 g/mol. The SMILES string of the molecule is Cc1cc(-c2cc(N3CCC[C@@H](N)C3)c3c(N)ncnn23)cn(C(C)C)c1=O. The Morgan fingerprint density at radius 1 is 1.29 bits per heavy atom. The Bertz CT molecular complexity index is 1080. The molecule has 1 saturated heterocycles. The Balaban J connectivity index is 1.94. The first kappa shape index (κ1) is 18.5. The zero-order valence-electron chi connectivity index (χ0n) is 16.6. The molecular formula is C20H27N7O. The molecule has 4 N–H and O–H groups in total. The van der Waals surface area contributed by atoms with E-state index in [1.165, 1.54) is 6.33 Å². The molecule has 1 aliphatic heterocycles. The molecule has 3 aromatic heterocycles. The number of piperidine rings is 1. The number of anilines is 2. The highest BCUT2D eigenvalue weighted by atomic mass is 16.1. The number of hydrogen-bond donors (Lipinski definition) is 2. The van der Waals surface area contributed by atoms with Crippen LogP contribution in [-0.2, 0) is 0 Å². The molecule has 0 aliphatic carbocycles. The molecule has 1 atom stereocenters. The lowest BCUT2D eigenvalue weighted by molar-refractivity contribution is 0.507. The lowest BCUT2D eigenvalue weighted by Crippen LogP contribution is -2.42. The van der Waals surface area contributed by atoms with Gasteiger partial charge in [0.25, 0.3) is 5.56 Å². The van der Waals surface area contributed by atoms with Gasteiger partial charge in [0.05, 0.1) is 11.4 Å². The second-order valence-electron chi connectivity index (χ2n) is 7.89. The van der Waals surface area contributed by atoms with E-state index in [9.17, 15) is 4.79 Å². The highest BCUT2D eigenvalue weighted by Crippen LogP contribution is 2.35. The molecule has 0 aromatic carbocycles. The number of nitrogens with two attached hydrogens (primary N) is 2. The van der Waals surface area contributed by atoms with Gasteiger partial charge in [0.15, 0.2) is 5.82 Å². The van der Waals surface area contributed by atoms with Gasteiger partial charge in [0, 0.05) is 42.5 Å². The summed E-state index contributed by atoms with van der Waals surface area (Å²) in [7, 11) is 0. The van der Waals surface area contributed by atoms with E-state index in [1.807, 2.05) is 37.5 Å². The third-order valence-corrected chi connectivity index (χ3v) is 5.44. The highest BCUT2D eigenvalue weighted by Gasteiger charge is 2.24. The minimum absolute atomic E-state index is 0.0241. The molecule has 8 heteroatoms. The summed E-state index contributed by atoms with van der Waals surface area (Å²) in [6.45, 7) is 7.54. The van der Waals surface area contributed by atoms with Crippen LogP contribution in [-0.4, -0.2) is 38.3 Å². The summed E-state index contributed by atoms with van der Waals surface area (Å²) in [4.78, 5) is 18.9. The fourth-order valence-corrected chi connectivity index (χ4v) is 3.99. The molecule has 0 bridgehead atoms. The van der Waals surface area contributed by atoms with E-state index in [2.05, 4.69) is 21.0 Å². The molecule has 0 radical (unpaired) electrons. The topological polar surface area (TPSA) is 107 Å². The number of nitrogens with zero attached hydrogens (tertiary/aromatic N) is 5. The quantitative estimate of drug-likeness (QED) is 0.718. The zero-order valence-corrected chi connectivity index (χ0v) is 16.6. The van der Waals surface area contributed by atoms with Crippen molar-refractivity contribution in [3.05, 3.63) is 40.6 Å². The van der Waals surface area contributed by atoms with Crippen molar-refractivity contribution in [3.8, 4) is 11.3 Å². The number of aryl methyl sites for hydroxylation is 1. The van der Waals surface area contributed by atoms with Crippen LogP contribution in [0.1, 0.15) is 38.3 Å². The van der Waals surface area contributed by atoms with Crippen LogP contribution in [0, 0.1) is 6.92 Å². The third kappa shape index (κ3) is 3.03. The minimum atomic E-state index is 0.0241. The van der Waals surface area contributed by atoms with E-state index in [4.69, 9.17) is 11.5 Å². The van der Waals surface area contributed by atoms with E-state index in [0.717, 1.165) is 48.4 Å². The largest absolute Gasteiger partial charge is 0.382 e. The molecule has 28 heavy (non-hydrogen) atoms. The number of pyridine rings is 1. The smallest absolute Gasteiger partial charge is 0.253 e. The lowest BCUT2D eigenvalue weighted by atomic mass is 10.1. The van der Waals surface area contributed by atoms with E-state index in [-0.39, 0.29) is 17.6 Å². The van der Waals surface area contributed by atoms with Crippen LogP contribution < -0.4 is 21.9 Å². The average molecular weight is 381 g/mol. The molecule has 0 unspecified atom stereocenters. The monoisotopic (exact) mass is 381 g/mol. The van der Waals surface area contributed by atoms with Gasteiger partial charge in [0.1, 0.15) is 11.8 Å². The molecule has 0 amide bonds. The van der Waals surface area contributed by atoms with Crippen LogP contribution in [0.4, 0.5) is 11.5 Å². The van der Waals surface area contributed by atoms with E-state index in [0.29, 0.717) is 11.4 Å². The summed E-state index contributed by atoms with van der Waals surface area (Å²) in [5.41, 5.74) is 16.7. The van der Waals surface area contributed by atoms with Gasteiger partial charge in [0.2, 0.25) is 0 Å². The summed E-state index contributed by atoms with van der Waals surface area (Å²) in [5, 5.41) is 4.46. The lowest BCUT2D eigenvalue weighted by Gasteiger charge is -2.32. The summed E-state index contributed by atoms with van der Waals surface area (Å²) < 4.78 is 3.58. The number of nitrogen functional groups attached to an aromatic ring is 1. The van der Waals surface area contributed by atoms with Crippen LogP contribution in [0.2, 0.25) is 0 Å². The Kier molecular flexibility index (Phi) is 4.58. The average Bonchev–Trinajstić information content (AvgIpc) is 3.05. The highest BCUT2D eigenvalue weighted by molar-refractivity contribution is 5.88. The summed E-state index contributed by atoms with van der Waals surface area (Å²) >= 11 is 0. The van der Waals surface area contributed by atoms with Crippen molar-refractivity contribution in [2.24, 2.45) is 5.73 Å². The summed E-state index contributed by atoms with van der Waals surface area (Å²) in [5.74, 6) is 0.435. The van der Waals surface area contributed by atoms with Crippen molar-refractivity contribution in [1.29, 1.82) is 0 Å².